The Morgan fingerprint density at radius 1 is 1.06 bits per heavy atom. The van der Waals surface area contributed by atoms with Crippen molar-refractivity contribution in [1.82, 2.24) is 10.2 Å². The number of carbonyl (C=O) groups is 3. The molecule has 34 heavy (non-hydrogen) atoms. The third-order valence-electron chi connectivity index (χ3n) is 6.25. The molecule has 0 unspecified atom stereocenters. The number of nitrogens with two attached hydrogens (primary N) is 1. The molecule has 3 rings (SSSR count). The van der Waals surface area contributed by atoms with Crippen molar-refractivity contribution in [1.29, 1.82) is 0 Å². The predicted octanol–water partition coefficient (Wildman–Crippen LogP) is 2.07. The Kier molecular flexibility index (Phi) is 8.06. The van der Waals surface area contributed by atoms with Gasteiger partial charge in [-0.1, -0.05) is 60.7 Å². The van der Waals surface area contributed by atoms with Crippen LogP contribution >= 0.6 is 0 Å². The zero-order valence-electron chi connectivity index (χ0n) is 19.7. The Hall–Kier alpha value is -3.23. The van der Waals surface area contributed by atoms with Crippen LogP contribution in [0.15, 0.2) is 60.7 Å². The van der Waals surface area contributed by atoms with E-state index in [0.717, 1.165) is 11.1 Å². The number of carboxylic acid groups (broad SMARTS) is 1. The summed E-state index contributed by atoms with van der Waals surface area (Å²) in [6, 6.07) is 17.7. The molecule has 1 heterocycles. The summed E-state index contributed by atoms with van der Waals surface area (Å²) < 4.78 is 5.76. The second-order valence-corrected chi connectivity index (χ2v) is 9.33. The number of likely N-dealkylation sites (tertiary alicyclic amines) is 1. The average molecular weight is 468 g/mol. The fraction of sp³-hybridized carbons (Fsp3) is 0.423. The molecule has 1 fully saturated rings. The van der Waals surface area contributed by atoms with E-state index in [-0.39, 0.29) is 38.4 Å². The fourth-order valence-electron chi connectivity index (χ4n) is 4.10. The van der Waals surface area contributed by atoms with Crippen molar-refractivity contribution in [2.75, 3.05) is 19.7 Å². The van der Waals surface area contributed by atoms with E-state index in [4.69, 9.17) is 10.5 Å². The van der Waals surface area contributed by atoms with Gasteiger partial charge >= 0.3 is 5.97 Å². The number of carboxylic acids is 1. The average Bonchev–Trinajstić information content (AvgIpc) is 2.83. The van der Waals surface area contributed by atoms with Crippen LogP contribution in [-0.4, -0.2) is 59.1 Å². The zero-order chi connectivity index (χ0) is 24.8. The molecule has 2 aromatic rings. The van der Waals surface area contributed by atoms with E-state index in [1.54, 1.807) is 18.7 Å². The molecule has 0 radical (unpaired) electrons. The van der Waals surface area contributed by atoms with Crippen LogP contribution in [0.5, 0.6) is 0 Å². The third kappa shape index (κ3) is 6.01. The lowest BCUT2D eigenvalue weighted by atomic mass is 9.72. The SMILES string of the molecule is CC(C)(N)C(=O)N[C@H](COCc1ccccc1)C(=O)N1CCC(C(=O)O)(c2ccccc2)CC1. The van der Waals surface area contributed by atoms with Gasteiger partial charge in [-0.05, 0) is 37.8 Å². The summed E-state index contributed by atoms with van der Waals surface area (Å²) in [5.74, 6) is -1.67. The second kappa shape index (κ2) is 10.8. The summed E-state index contributed by atoms with van der Waals surface area (Å²) in [7, 11) is 0. The molecule has 1 aliphatic rings. The van der Waals surface area contributed by atoms with Gasteiger partial charge in [-0.3, -0.25) is 14.4 Å². The maximum atomic E-state index is 13.4. The highest BCUT2D eigenvalue weighted by Gasteiger charge is 2.44. The van der Waals surface area contributed by atoms with Crippen LogP contribution in [0, 0.1) is 0 Å². The molecule has 8 heteroatoms. The maximum Gasteiger partial charge on any atom is 0.314 e. The Morgan fingerprint density at radius 3 is 2.15 bits per heavy atom. The molecular weight excluding hydrogens is 434 g/mol. The molecule has 182 valence electrons. The van der Waals surface area contributed by atoms with Crippen molar-refractivity contribution in [3.05, 3.63) is 71.8 Å². The summed E-state index contributed by atoms with van der Waals surface area (Å²) in [6.45, 7) is 3.93. The van der Waals surface area contributed by atoms with Crippen LogP contribution in [0.3, 0.4) is 0 Å². The number of piperidine rings is 1. The van der Waals surface area contributed by atoms with Crippen LogP contribution < -0.4 is 11.1 Å². The lowest BCUT2D eigenvalue weighted by molar-refractivity contribution is -0.149. The van der Waals surface area contributed by atoms with Crippen molar-refractivity contribution < 1.29 is 24.2 Å². The number of hydrogen-bond donors (Lipinski definition) is 3. The van der Waals surface area contributed by atoms with E-state index >= 15 is 0 Å². The first-order valence-corrected chi connectivity index (χ1v) is 11.4. The molecule has 0 bridgehead atoms. The number of nitrogens with zero attached hydrogens (tertiary/aromatic N) is 1. The highest BCUT2D eigenvalue weighted by Crippen LogP contribution is 2.36. The van der Waals surface area contributed by atoms with Gasteiger partial charge in [0.25, 0.3) is 0 Å². The standard InChI is InChI=1S/C26H33N3O5/c1-25(2,27)23(31)28-21(18-34-17-19-9-5-3-6-10-19)22(30)29-15-13-26(14-16-29,24(32)33)20-11-7-4-8-12-20/h3-12,21H,13-18,27H2,1-2H3,(H,28,31)(H,32,33)/t21-/m1/s1. The van der Waals surface area contributed by atoms with Gasteiger partial charge < -0.3 is 25.8 Å². The van der Waals surface area contributed by atoms with Crippen LogP contribution in [0.1, 0.15) is 37.8 Å². The second-order valence-electron chi connectivity index (χ2n) is 9.33. The monoisotopic (exact) mass is 467 g/mol. The molecule has 8 nitrogen and oxygen atoms in total. The van der Waals surface area contributed by atoms with Gasteiger partial charge in [-0.2, -0.15) is 0 Å². The lowest BCUT2D eigenvalue weighted by Crippen LogP contribution is -2.59. The van der Waals surface area contributed by atoms with Crippen LogP contribution in [0.4, 0.5) is 0 Å². The van der Waals surface area contributed by atoms with Gasteiger partial charge in [-0.15, -0.1) is 0 Å². The Morgan fingerprint density at radius 2 is 1.62 bits per heavy atom. The fourth-order valence-corrected chi connectivity index (χ4v) is 4.10. The van der Waals surface area contributed by atoms with E-state index in [1.165, 1.54) is 0 Å². The highest BCUT2D eigenvalue weighted by atomic mass is 16.5. The van der Waals surface area contributed by atoms with Gasteiger partial charge in [0.05, 0.1) is 24.2 Å². The number of hydrogen-bond acceptors (Lipinski definition) is 5. The van der Waals surface area contributed by atoms with E-state index < -0.39 is 28.9 Å². The molecule has 4 N–H and O–H groups in total. The van der Waals surface area contributed by atoms with Crippen LogP contribution in [0.25, 0.3) is 0 Å². The third-order valence-corrected chi connectivity index (χ3v) is 6.25. The van der Waals surface area contributed by atoms with Crippen molar-refractivity contribution in [2.45, 2.75) is 50.3 Å². The van der Waals surface area contributed by atoms with Crippen molar-refractivity contribution >= 4 is 17.8 Å². The lowest BCUT2D eigenvalue weighted by Gasteiger charge is -2.40. The number of amides is 2. The van der Waals surface area contributed by atoms with Crippen molar-refractivity contribution in [2.24, 2.45) is 5.73 Å². The number of carbonyl (C=O) groups excluding carboxylic acids is 2. The predicted molar refractivity (Wildman–Crippen MR) is 128 cm³/mol. The van der Waals surface area contributed by atoms with Gasteiger partial charge in [-0.25, -0.2) is 0 Å². The van der Waals surface area contributed by atoms with Gasteiger partial charge in [0.2, 0.25) is 11.8 Å². The molecule has 1 aliphatic heterocycles. The first-order chi connectivity index (χ1) is 16.1. The Labute approximate surface area is 200 Å². The van der Waals surface area contributed by atoms with Crippen LogP contribution in [-0.2, 0) is 31.1 Å². The minimum absolute atomic E-state index is 0.0190. The number of ether oxygens (including phenoxy) is 1. The highest BCUT2D eigenvalue weighted by molar-refractivity contribution is 5.92. The smallest absolute Gasteiger partial charge is 0.314 e. The van der Waals surface area contributed by atoms with E-state index in [2.05, 4.69) is 5.32 Å². The molecule has 0 aliphatic carbocycles. The summed E-state index contributed by atoms with van der Waals surface area (Å²) in [6.07, 6.45) is 0.567. The molecule has 2 aromatic carbocycles. The summed E-state index contributed by atoms with van der Waals surface area (Å²) in [5.41, 5.74) is 5.40. The van der Waals surface area contributed by atoms with Gasteiger partial charge in [0.15, 0.2) is 0 Å². The minimum atomic E-state index is -1.16. The van der Waals surface area contributed by atoms with Crippen LogP contribution in [0.2, 0.25) is 0 Å². The van der Waals surface area contributed by atoms with Crippen molar-refractivity contribution in [3.8, 4) is 0 Å². The van der Waals surface area contributed by atoms with E-state index in [1.807, 2.05) is 60.7 Å². The first kappa shape index (κ1) is 25.4. The summed E-state index contributed by atoms with van der Waals surface area (Å²) >= 11 is 0. The maximum absolute atomic E-state index is 13.4. The molecule has 2 amide bonds. The van der Waals surface area contributed by atoms with Crippen molar-refractivity contribution in [3.63, 3.8) is 0 Å². The number of benzene rings is 2. The number of rotatable bonds is 9. The van der Waals surface area contributed by atoms with E-state index in [0.29, 0.717) is 6.61 Å². The first-order valence-electron chi connectivity index (χ1n) is 11.4. The minimum Gasteiger partial charge on any atom is -0.481 e. The molecular formula is C26H33N3O5. The zero-order valence-corrected chi connectivity index (χ0v) is 19.7. The molecule has 0 saturated carbocycles. The normalized spacial score (nSPS) is 16.5. The Balaban J connectivity index is 1.70. The topological polar surface area (TPSA) is 122 Å². The summed E-state index contributed by atoms with van der Waals surface area (Å²) in [5, 5.41) is 12.7. The molecule has 0 aromatic heterocycles. The largest absolute Gasteiger partial charge is 0.481 e. The number of aliphatic carboxylic acids is 1. The molecule has 0 spiro atoms. The van der Waals surface area contributed by atoms with Gasteiger partial charge in [0, 0.05) is 13.1 Å². The van der Waals surface area contributed by atoms with Gasteiger partial charge in [0.1, 0.15) is 6.04 Å². The molecule has 1 atom stereocenters. The molecule has 1 saturated heterocycles. The van der Waals surface area contributed by atoms with E-state index in [9.17, 15) is 19.5 Å². The number of nitrogens with one attached hydrogen (secondary N) is 1. The quantitative estimate of drug-likeness (QED) is 0.519. The summed E-state index contributed by atoms with van der Waals surface area (Å²) in [4.78, 5) is 39.7. The Bertz CT molecular complexity index is 981.